The van der Waals surface area contributed by atoms with E-state index < -0.39 is 0 Å². The van der Waals surface area contributed by atoms with Crippen LogP contribution in [0.25, 0.3) is 0 Å². The summed E-state index contributed by atoms with van der Waals surface area (Å²) >= 11 is 0. The van der Waals surface area contributed by atoms with Gasteiger partial charge in [0.2, 0.25) is 0 Å². The number of aliphatic hydroxyl groups is 1. The van der Waals surface area contributed by atoms with Crippen molar-refractivity contribution >= 4 is 0 Å². The Balaban J connectivity index is 1.87. The maximum Gasteiger partial charge on any atom is 0.117 e. The molecule has 1 aromatic rings. The van der Waals surface area contributed by atoms with Gasteiger partial charge in [0, 0.05) is 18.1 Å². The highest BCUT2D eigenvalue weighted by molar-refractivity contribution is 5.17. The van der Waals surface area contributed by atoms with Crippen molar-refractivity contribution in [2.45, 2.75) is 58.0 Å². The molecule has 3 unspecified atom stereocenters. The van der Waals surface area contributed by atoms with Crippen LogP contribution < -0.4 is 5.32 Å². The molecular formula is C15H25NO2. The zero-order valence-electron chi connectivity index (χ0n) is 11.7. The predicted molar refractivity (Wildman–Crippen MR) is 72.5 cm³/mol. The van der Waals surface area contributed by atoms with Crippen LogP contribution in [-0.4, -0.2) is 17.3 Å². The van der Waals surface area contributed by atoms with Crippen molar-refractivity contribution in [3.8, 4) is 0 Å². The van der Waals surface area contributed by atoms with E-state index in [2.05, 4.69) is 38.2 Å². The van der Waals surface area contributed by atoms with E-state index >= 15 is 0 Å². The van der Waals surface area contributed by atoms with Crippen molar-refractivity contribution in [1.82, 2.24) is 5.32 Å². The maximum absolute atomic E-state index is 9.08. The van der Waals surface area contributed by atoms with Gasteiger partial charge in [-0.15, -0.1) is 0 Å². The van der Waals surface area contributed by atoms with E-state index in [0.717, 1.165) is 36.8 Å². The van der Waals surface area contributed by atoms with Crippen LogP contribution in [0.4, 0.5) is 0 Å². The summed E-state index contributed by atoms with van der Waals surface area (Å²) in [4.78, 5) is 0. The highest BCUT2D eigenvalue weighted by Crippen LogP contribution is 2.47. The first-order valence-corrected chi connectivity index (χ1v) is 7.02. The highest BCUT2D eigenvalue weighted by Gasteiger charge is 2.36. The molecule has 18 heavy (non-hydrogen) atoms. The Kier molecular flexibility index (Phi) is 4.13. The third-order valence-electron chi connectivity index (χ3n) is 4.29. The quantitative estimate of drug-likeness (QED) is 0.783. The summed E-state index contributed by atoms with van der Waals surface area (Å²) in [6.45, 7) is 7.52. The Morgan fingerprint density at radius 3 is 2.78 bits per heavy atom. The standard InChI is InChI=1S/C15H25NO2/c1-4-15(3,7-8-17)16-10-12-5-6-14(18-12)13-9-11(13)2/h5-6,11,13,16-17H,4,7-10H2,1-3H3. The van der Waals surface area contributed by atoms with Crippen molar-refractivity contribution in [3.63, 3.8) is 0 Å². The molecule has 0 spiro atoms. The number of nitrogens with one attached hydrogen (secondary N) is 1. The molecule has 1 heterocycles. The second-order valence-corrected chi connectivity index (χ2v) is 5.86. The summed E-state index contributed by atoms with van der Waals surface area (Å²) in [7, 11) is 0. The van der Waals surface area contributed by atoms with E-state index in [0.29, 0.717) is 5.92 Å². The molecule has 1 fully saturated rings. The van der Waals surface area contributed by atoms with Gasteiger partial charge in [-0.05, 0) is 44.2 Å². The third-order valence-corrected chi connectivity index (χ3v) is 4.29. The molecular weight excluding hydrogens is 226 g/mol. The number of furan rings is 1. The van der Waals surface area contributed by atoms with Gasteiger partial charge in [-0.3, -0.25) is 0 Å². The van der Waals surface area contributed by atoms with Crippen LogP contribution in [-0.2, 0) is 6.54 Å². The molecule has 0 radical (unpaired) electrons. The normalized spacial score (nSPS) is 26.0. The number of aliphatic hydroxyl groups excluding tert-OH is 1. The second-order valence-electron chi connectivity index (χ2n) is 5.86. The lowest BCUT2D eigenvalue weighted by Gasteiger charge is -2.28. The maximum atomic E-state index is 9.08. The van der Waals surface area contributed by atoms with Gasteiger partial charge in [0.15, 0.2) is 0 Å². The number of hydrogen-bond acceptors (Lipinski definition) is 3. The SMILES string of the molecule is CCC(C)(CCO)NCc1ccc(C2CC2C)o1. The van der Waals surface area contributed by atoms with Gasteiger partial charge < -0.3 is 14.8 Å². The molecule has 1 aliphatic rings. The van der Waals surface area contributed by atoms with Gasteiger partial charge >= 0.3 is 0 Å². The average Bonchev–Trinajstić information content (AvgIpc) is 2.91. The van der Waals surface area contributed by atoms with Crippen molar-refractivity contribution in [1.29, 1.82) is 0 Å². The van der Waals surface area contributed by atoms with Crippen LogP contribution in [0.5, 0.6) is 0 Å². The Morgan fingerprint density at radius 1 is 1.50 bits per heavy atom. The zero-order chi connectivity index (χ0) is 13.2. The van der Waals surface area contributed by atoms with Crippen LogP contribution in [0, 0.1) is 5.92 Å². The first-order valence-electron chi connectivity index (χ1n) is 7.02. The molecule has 3 nitrogen and oxygen atoms in total. The van der Waals surface area contributed by atoms with Gasteiger partial charge in [-0.1, -0.05) is 13.8 Å². The molecule has 0 bridgehead atoms. The Morgan fingerprint density at radius 2 is 2.22 bits per heavy atom. The molecule has 1 saturated carbocycles. The Bertz CT molecular complexity index is 388. The van der Waals surface area contributed by atoms with Crippen LogP contribution in [0.2, 0.25) is 0 Å². The fourth-order valence-electron chi connectivity index (χ4n) is 2.34. The fourth-order valence-corrected chi connectivity index (χ4v) is 2.34. The van der Waals surface area contributed by atoms with Crippen LogP contribution in [0.1, 0.15) is 57.5 Å². The molecule has 0 saturated heterocycles. The smallest absolute Gasteiger partial charge is 0.117 e. The summed E-state index contributed by atoms with van der Waals surface area (Å²) in [5.74, 6) is 3.57. The van der Waals surface area contributed by atoms with E-state index in [-0.39, 0.29) is 12.1 Å². The van der Waals surface area contributed by atoms with Gasteiger partial charge in [-0.2, -0.15) is 0 Å². The zero-order valence-corrected chi connectivity index (χ0v) is 11.7. The largest absolute Gasteiger partial charge is 0.464 e. The van der Waals surface area contributed by atoms with Gasteiger partial charge in [-0.25, -0.2) is 0 Å². The molecule has 2 rings (SSSR count). The monoisotopic (exact) mass is 251 g/mol. The summed E-state index contributed by atoms with van der Waals surface area (Å²) < 4.78 is 5.87. The molecule has 1 aliphatic carbocycles. The van der Waals surface area contributed by atoms with Crippen molar-refractivity contribution in [2.24, 2.45) is 5.92 Å². The first-order chi connectivity index (χ1) is 8.58. The number of rotatable bonds is 7. The molecule has 0 aliphatic heterocycles. The van der Waals surface area contributed by atoms with E-state index in [4.69, 9.17) is 9.52 Å². The van der Waals surface area contributed by atoms with E-state index in [1.54, 1.807) is 0 Å². The van der Waals surface area contributed by atoms with Gasteiger partial charge in [0.05, 0.1) is 6.54 Å². The van der Waals surface area contributed by atoms with E-state index in [1.807, 2.05) is 0 Å². The van der Waals surface area contributed by atoms with Crippen LogP contribution in [0.3, 0.4) is 0 Å². The molecule has 102 valence electrons. The Hall–Kier alpha value is -0.800. The minimum atomic E-state index is -0.00538. The molecule has 1 aromatic heterocycles. The fraction of sp³-hybridized carbons (Fsp3) is 0.733. The summed E-state index contributed by atoms with van der Waals surface area (Å²) in [5, 5.41) is 12.6. The van der Waals surface area contributed by atoms with E-state index in [1.165, 1.54) is 6.42 Å². The highest BCUT2D eigenvalue weighted by atomic mass is 16.3. The van der Waals surface area contributed by atoms with Gasteiger partial charge in [0.1, 0.15) is 11.5 Å². The number of hydrogen-bond donors (Lipinski definition) is 2. The minimum Gasteiger partial charge on any atom is -0.464 e. The lowest BCUT2D eigenvalue weighted by atomic mass is 9.95. The molecule has 3 heteroatoms. The second kappa shape index (κ2) is 5.45. The van der Waals surface area contributed by atoms with Crippen molar-refractivity contribution in [2.75, 3.05) is 6.61 Å². The topological polar surface area (TPSA) is 45.4 Å². The summed E-state index contributed by atoms with van der Waals surface area (Å²) in [6, 6.07) is 4.18. The minimum absolute atomic E-state index is 0.00538. The molecule has 3 atom stereocenters. The van der Waals surface area contributed by atoms with Crippen LogP contribution in [0.15, 0.2) is 16.5 Å². The summed E-state index contributed by atoms with van der Waals surface area (Å²) in [5.41, 5.74) is -0.00538. The third kappa shape index (κ3) is 3.15. The lowest BCUT2D eigenvalue weighted by molar-refractivity contribution is 0.211. The Labute approximate surface area is 110 Å². The van der Waals surface area contributed by atoms with Gasteiger partial charge in [0.25, 0.3) is 0 Å². The predicted octanol–water partition coefficient (Wildman–Crippen LogP) is 3.04. The van der Waals surface area contributed by atoms with Crippen molar-refractivity contribution < 1.29 is 9.52 Å². The van der Waals surface area contributed by atoms with Crippen molar-refractivity contribution in [3.05, 3.63) is 23.7 Å². The molecule has 2 N–H and O–H groups in total. The van der Waals surface area contributed by atoms with E-state index in [9.17, 15) is 0 Å². The van der Waals surface area contributed by atoms with Crippen LogP contribution >= 0.6 is 0 Å². The first kappa shape index (κ1) is 13.6. The molecule has 0 amide bonds. The average molecular weight is 251 g/mol. The summed E-state index contributed by atoms with van der Waals surface area (Å²) in [6.07, 6.45) is 3.04. The lowest BCUT2D eigenvalue weighted by Crippen LogP contribution is -2.41. The molecule has 0 aromatic carbocycles.